The fourth-order valence-corrected chi connectivity index (χ4v) is 1.95. The van der Waals surface area contributed by atoms with Gasteiger partial charge in [0.25, 0.3) is 11.5 Å². The van der Waals surface area contributed by atoms with E-state index in [0.29, 0.717) is 0 Å². The van der Waals surface area contributed by atoms with Gasteiger partial charge >= 0.3 is 0 Å². The van der Waals surface area contributed by atoms with Gasteiger partial charge in [-0.2, -0.15) is 0 Å². The minimum Gasteiger partial charge on any atom is -0.351 e. The van der Waals surface area contributed by atoms with E-state index in [1.165, 1.54) is 30.5 Å². The van der Waals surface area contributed by atoms with Crippen molar-refractivity contribution >= 4 is 29.1 Å². The van der Waals surface area contributed by atoms with E-state index in [2.05, 4.69) is 15.6 Å². The van der Waals surface area contributed by atoms with E-state index in [-0.39, 0.29) is 29.2 Å². The Labute approximate surface area is 135 Å². The van der Waals surface area contributed by atoms with Gasteiger partial charge in [-0.05, 0) is 18.2 Å². The molecule has 2 rings (SSSR count). The Hall–Kier alpha value is -2.67. The summed E-state index contributed by atoms with van der Waals surface area (Å²) in [6, 6.07) is 6.98. The van der Waals surface area contributed by atoms with Crippen LogP contribution in [-0.4, -0.2) is 23.3 Å². The zero-order chi connectivity index (χ0) is 16.8. The average Bonchev–Trinajstić information content (AvgIpc) is 2.52. The van der Waals surface area contributed by atoms with Gasteiger partial charge in [0.2, 0.25) is 5.91 Å². The summed E-state index contributed by atoms with van der Waals surface area (Å²) < 4.78 is 13.4. The van der Waals surface area contributed by atoms with Crippen molar-refractivity contribution in [2.75, 3.05) is 11.9 Å². The molecule has 0 saturated heterocycles. The molecule has 23 heavy (non-hydrogen) atoms. The topological polar surface area (TPSA) is 91.1 Å². The Morgan fingerprint density at radius 2 is 2.00 bits per heavy atom. The maximum absolute atomic E-state index is 13.4. The number of H-pyrrole nitrogens is 1. The zero-order valence-corrected chi connectivity index (χ0v) is 12.6. The minimum atomic E-state index is -0.646. The summed E-state index contributed by atoms with van der Waals surface area (Å²) in [7, 11) is 0. The van der Waals surface area contributed by atoms with E-state index in [9.17, 15) is 18.8 Å². The van der Waals surface area contributed by atoms with Crippen LogP contribution in [0.25, 0.3) is 0 Å². The van der Waals surface area contributed by atoms with Gasteiger partial charge in [0, 0.05) is 19.2 Å². The highest BCUT2D eigenvalue weighted by atomic mass is 35.5. The second-order valence-electron chi connectivity index (χ2n) is 4.59. The number of carbonyl (C=O) groups excluding carboxylic acids is 2. The molecule has 0 aliphatic heterocycles. The van der Waals surface area contributed by atoms with Crippen molar-refractivity contribution in [3.05, 3.63) is 63.3 Å². The number of halogens is 2. The molecule has 0 bridgehead atoms. The summed E-state index contributed by atoms with van der Waals surface area (Å²) in [5.41, 5.74) is -0.662. The van der Waals surface area contributed by atoms with Crippen LogP contribution in [0.3, 0.4) is 0 Å². The van der Waals surface area contributed by atoms with Crippen molar-refractivity contribution in [3.63, 3.8) is 0 Å². The molecule has 0 radical (unpaired) electrons. The van der Waals surface area contributed by atoms with Crippen LogP contribution in [0.5, 0.6) is 0 Å². The van der Waals surface area contributed by atoms with Gasteiger partial charge < -0.3 is 15.6 Å². The molecule has 0 atom stereocenters. The molecule has 0 fully saturated rings. The van der Waals surface area contributed by atoms with Gasteiger partial charge in [-0.3, -0.25) is 14.4 Å². The Morgan fingerprint density at radius 3 is 2.74 bits per heavy atom. The molecule has 0 unspecified atom stereocenters. The standard InChI is InChI=1S/C15H13ClFN3O3/c16-9-7-10(15(23)19-8-9)14(22)18-6-5-13(21)20-12-4-2-1-3-11(12)17/h1-4,7-8H,5-6H2,(H,18,22)(H,19,23)(H,20,21). The van der Waals surface area contributed by atoms with E-state index in [1.807, 2.05) is 0 Å². The summed E-state index contributed by atoms with van der Waals surface area (Å²) in [6.07, 6.45) is 1.20. The smallest absolute Gasteiger partial charge is 0.260 e. The minimum absolute atomic E-state index is 0.00886. The Bertz CT molecular complexity index is 792. The van der Waals surface area contributed by atoms with Crippen LogP contribution in [0.15, 0.2) is 41.3 Å². The lowest BCUT2D eigenvalue weighted by molar-refractivity contribution is -0.116. The van der Waals surface area contributed by atoms with Crippen LogP contribution in [0.1, 0.15) is 16.8 Å². The van der Waals surface area contributed by atoms with Gasteiger partial charge in [-0.25, -0.2) is 4.39 Å². The molecule has 2 aromatic rings. The van der Waals surface area contributed by atoms with Gasteiger partial charge in [-0.15, -0.1) is 0 Å². The van der Waals surface area contributed by atoms with Gasteiger partial charge in [0.1, 0.15) is 11.4 Å². The van der Waals surface area contributed by atoms with E-state index >= 15 is 0 Å². The van der Waals surface area contributed by atoms with Crippen LogP contribution in [0.4, 0.5) is 10.1 Å². The number of aromatic nitrogens is 1. The molecule has 0 aliphatic rings. The Morgan fingerprint density at radius 1 is 1.26 bits per heavy atom. The lowest BCUT2D eigenvalue weighted by Crippen LogP contribution is -2.31. The lowest BCUT2D eigenvalue weighted by atomic mass is 10.2. The molecule has 1 aromatic carbocycles. The van der Waals surface area contributed by atoms with Crippen molar-refractivity contribution in [1.82, 2.24) is 10.3 Å². The number of pyridine rings is 1. The molecule has 1 heterocycles. The number of benzene rings is 1. The van der Waals surface area contributed by atoms with Crippen molar-refractivity contribution in [3.8, 4) is 0 Å². The SMILES string of the molecule is O=C(CCNC(=O)c1cc(Cl)c[nH]c1=O)Nc1ccccc1F. The monoisotopic (exact) mass is 337 g/mol. The lowest BCUT2D eigenvalue weighted by Gasteiger charge is -2.07. The Balaban J connectivity index is 1.86. The fourth-order valence-electron chi connectivity index (χ4n) is 1.79. The number of nitrogens with one attached hydrogen (secondary N) is 3. The molecular weight excluding hydrogens is 325 g/mol. The third-order valence-corrected chi connectivity index (χ3v) is 3.12. The normalized spacial score (nSPS) is 10.2. The van der Waals surface area contributed by atoms with Crippen LogP contribution in [-0.2, 0) is 4.79 Å². The first-order valence-corrected chi connectivity index (χ1v) is 7.06. The number of anilines is 1. The summed E-state index contributed by atoms with van der Waals surface area (Å²) in [6.45, 7) is -0.00886. The highest BCUT2D eigenvalue weighted by molar-refractivity contribution is 6.30. The number of para-hydroxylation sites is 1. The predicted molar refractivity (Wildman–Crippen MR) is 84.1 cm³/mol. The number of rotatable bonds is 5. The van der Waals surface area contributed by atoms with E-state index in [1.54, 1.807) is 6.07 Å². The highest BCUT2D eigenvalue weighted by Crippen LogP contribution is 2.12. The first-order valence-electron chi connectivity index (χ1n) is 6.68. The highest BCUT2D eigenvalue weighted by Gasteiger charge is 2.12. The number of hydrogen-bond donors (Lipinski definition) is 3. The van der Waals surface area contributed by atoms with Crippen LogP contribution in [0.2, 0.25) is 5.02 Å². The Kier molecular flexibility index (Phi) is 5.48. The van der Waals surface area contributed by atoms with Crippen LogP contribution in [0, 0.1) is 5.82 Å². The molecule has 0 aliphatic carbocycles. The molecule has 0 spiro atoms. The second-order valence-corrected chi connectivity index (χ2v) is 5.03. The van der Waals surface area contributed by atoms with E-state index < -0.39 is 23.2 Å². The fraction of sp³-hybridized carbons (Fsp3) is 0.133. The quantitative estimate of drug-likeness (QED) is 0.778. The summed E-state index contributed by atoms with van der Waals surface area (Å²) in [5.74, 6) is -1.65. The van der Waals surface area contributed by atoms with E-state index in [0.717, 1.165) is 0 Å². The maximum atomic E-state index is 13.4. The molecular formula is C15H13ClFN3O3. The number of amides is 2. The van der Waals surface area contributed by atoms with Crippen molar-refractivity contribution < 1.29 is 14.0 Å². The van der Waals surface area contributed by atoms with Gasteiger partial charge in [-0.1, -0.05) is 23.7 Å². The molecule has 8 heteroatoms. The van der Waals surface area contributed by atoms with Crippen molar-refractivity contribution in [1.29, 1.82) is 0 Å². The molecule has 6 nitrogen and oxygen atoms in total. The third kappa shape index (κ3) is 4.65. The largest absolute Gasteiger partial charge is 0.351 e. The predicted octanol–water partition coefficient (Wildman–Crippen LogP) is 1.93. The first kappa shape index (κ1) is 16.7. The summed E-state index contributed by atoms with van der Waals surface area (Å²) in [5, 5.41) is 5.03. The number of carbonyl (C=O) groups is 2. The molecule has 1 aromatic heterocycles. The zero-order valence-electron chi connectivity index (χ0n) is 11.9. The molecule has 3 N–H and O–H groups in total. The average molecular weight is 338 g/mol. The summed E-state index contributed by atoms with van der Waals surface area (Å²) >= 11 is 5.70. The third-order valence-electron chi connectivity index (χ3n) is 2.90. The molecule has 2 amide bonds. The first-order chi connectivity index (χ1) is 11.0. The van der Waals surface area contributed by atoms with Crippen LogP contribution >= 0.6 is 11.6 Å². The van der Waals surface area contributed by atoms with Crippen LogP contribution < -0.4 is 16.2 Å². The molecule has 0 saturated carbocycles. The van der Waals surface area contributed by atoms with E-state index in [4.69, 9.17) is 11.6 Å². The summed E-state index contributed by atoms with van der Waals surface area (Å²) in [4.78, 5) is 37.3. The van der Waals surface area contributed by atoms with Crippen molar-refractivity contribution in [2.45, 2.75) is 6.42 Å². The molecule has 120 valence electrons. The second kappa shape index (κ2) is 7.55. The van der Waals surface area contributed by atoms with Crippen molar-refractivity contribution in [2.24, 2.45) is 0 Å². The maximum Gasteiger partial charge on any atom is 0.260 e. The number of hydrogen-bond acceptors (Lipinski definition) is 3. The van der Waals surface area contributed by atoms with Gasteiger partial charge in [0.15, 0.2) is 0 Å². The van der Waals surface area contributed by atoms with Gasteiger partial charge in [0.05, 0.1) is 10.7 Å². The number of aromatic amines is 1.